The minimum Gasteiger partial charge on any atom is -0.451 e. The lowest BCUT2D eigenvalue weighted by molar-refractivity contribution is 0.0464. The monoisotopic (exact) mass is 205 g/mol. The van der Waals surface area contributed by atoms with Crippen molar-refractivity contribution in [3.05, 3.63) is 23.3 Å². The van der Waals surface area contributed by atoms with Gasteiger partial charge in [0.25, 0.3) is 0 Å². The van der Waals surface area contributed by atoms with E-state index in [0.29, 0.717) is 0 Å². The van der Waals surface area contributed by atoms with Gasteiger partial charge in [-0.2, -0.15) is 0 Å². The second kappa shape index (κ2) is 3.42. The molecule has 0 saturated carbocycles. The first kappa shape index (κ1) is 9.04. The molecule has 2 aliphatic heterocycles. The van der Waals surface area contributed by atoms with E-state index in [-0.39, 0.29) is 6.29 Å². The molecule has 3 rings (SSSR count). The fraction of sp³-hybridized carbons (Fsp3) is 0.500. The third-order valence-electron chi connectivity index (χ3n) is 3.00. The molecule has 1 atom stereocenters. The van der Waals surface area contributed by atoms with Crippen molar-refractivity contribution >= 4 is 0 Å². The van der Waals surface area contributed by atoms with Crippen LogP contribution in [0, 0.1) is 0 Å². The summed E-state index contributed by atoms with van der Waals surface area (Å²) in [6.45, 7) is 4.07. The van der Waals surface area contributed by atoms with E-state index < -0.39 is 0 Å². The predicted octanol–water partition coefficient (Wildman–Crippen LogP) is 1.84. The lowest BCUT2D eigenvalue weighted by Gasteiger charge is -2.17. The molecule has 0 bridgehead atoms. The fourth-order valence-corrected chi connectivity index (χ4v) is 2.15. The SMILES string of the molecule is CCC1Oc2cc3c(cc2O1)CNCC3. The molecule has 80 valence electrons. The molecule has 0 aliphatic carbocycles. The largest absolute Gasteiger partial charge is 0.451 e. The molecule has 0 fully saturated rings. The molecule has 1 aromatic carbocycles. The van der Waals surface area contributed by atoms with Crippen LogP contribution in [0.15, 0.2) is 12.1 Å². The highest BCUT2D eigenvalue weighted by atomic mass is 16.7. The molecule has 1 N–H and O–H groups in total. The Morgan fingerprint density at radius 1 is 1.27 bits per heavy atom. The van der Waals surface area contributed by atoms with Gasteiger partial charge in [-0.3, -0.25) is 0 Å². The summed E-state index contributed by atoms with van der Waals surface area (Å²) in [5.41, 5.74) is 2.74. The molecule has 1 aromatic rings. The molecule has 2 heterocycles. The van der Waals surface area contributed by atoms with Crippen molar-refractivity contribution in [3.8, 4) is 11.5 Å². The standard InChI is InChI=1S/C12H15NO2/c1-2-12-14-10-5-8-3-4-13-7-9(8)6-11(10)15-12/h5-6,12-13H,2-4,7H2,1H3. The number of ether oxygens (including phenoxy) is 2. The summed E-state index contributed by atoms with van der Waals surface area (Å²) in [5, 5.41) is 3.36. The van der Waals surface area contributed by atoms with Crippen LogP contribution in [0.5, 0.6) is 11.5 Å². The van der Waals surface area contributed by atoms with Crippen molar-refractivity contribution in [2.75, 3.05) is 6.54 Å². The first-order chi connectivity index (χ1) is 7.36. The second-order valence-corrected chi connectivity index (χ2v) is 4.07. The topological polar surface area (TPSA) is 30.5 Å². The van der Waals surface area contributed by atoms with E-state index in [4.69, 9.17) is 9.47 Å². The molecular formula is C12H15NO2. The lowest BCUT2D eigenvalue weighted by atomic mass is 10.0. The van der Waals surface area contributed by atoms with Crippen LogP contribution in [-0.4, -0.2) is 12.8 Å². The van der Waals surface area contributed by atoms with Gasteiger partial charge >= 0.3 is 0 Å². The van der Waals surface area contributed by atoms with Crippen LogP contribution >= 0.6 is 0 Å². The summed E-state index contributed by atoms with van der Waals surface area (Å²) in [6.07, 6.45) is 1.89. The highest BCUT2D eigenvalue weighted by Gasteiger charge is 2.24. The van der Waals surface area contributed by atoms with Gasteiger partial charge in [-0.25, -0.2) is 0 Å². The maximum atomic E-state index is 5.68. The number of nitrogens with one attached hydrogen (secondary N) is 1. The number of hydrogen-bond acceptors (Lipinski definition) is 3. The van der Waals surface area contributed by atoms with Crippen LogP contribution in [0.2, 0.25) is 0 Å². The summed E-state index contributed by atoms with van der Waals surface area (Å²) < 4.78 is 11.4. The summed E-state index contributed by atoms with van der Waals surface area (Å²) >= 11 is 0. The third-order valence-corrected chi connectivity index (χ3v) is 3.00. The van der Waals surface area contributed by atoms with Crippen LogP contribution < -0.4 is 14.8 Å². The number of fused-ring (bicyclic) bond motifs is 2. The maximum absolute atomic E-state index is 5.68. The highest BCUT2D eigenvalue weighted by molar-refractivity contribution is 5.49. The van der Waals surface area contributed by atoms with Crippen molar-refractivity contribution in [3.63, 3.8) is 0 Å². The second-order valence-electron chi connectivity index (χ2n) is 4.07. The first-order valence-electron chi connectivity index (χ1n) is 5.56. The van der Waals surface area contributed by atoms with Gasteiger partial charge in [0.1, 0.15) is 0 Å². The highest BCUT2D eigenvalue weighted by Crippen LogP contribution is 2.38. The van der Waals surface area contributed by atoms with E-state index >= 15 is 0 Å². The Morgan fingerprint density at radius 3 is 2.73 bits per heavy atom. The Morgan fingerprint density at radius 2 is 2.00 bits per heavy atom. The lowest BCUT2D eigenvalue weighted by Crippen LogP contribution is -2.23. The van der Waals surface area contributed by atoms with Gasteiger partial charge in [-0.1, -0.05) is 6.92 Å². The summed E-state index contributed by atoms with van der Waals surface area (Å²) in [7, 11) is 0. The average Bonchev–Trinajstić information content (AvgIpc) is 2.67. The van der Waals surface area contributed by atoms with Crippen molar-refractivity contribution < 1.29 is 9.47 Å². The van der Waals surface area contributed by atoms with E-state index in [1.165, 1.54) is 11.1 Å². The smallest absolute Gasteiger partial charge is 0.241 e. The van der Waals surface area contributed by atoms with Gasteiger partial charge in [0.2, 0.25) is 6.29 Å². The molecule has 1 unspecified atom stereocenters. The molecule has 0 saturated heterocycles. The molecule has 15 heavy (non-hydrogen) atoms. The molecule has 3 heteroatoms. The Hall–Kier alpha value is -1.22. The Kier molecular flexibility index (Phi) is 2.06. The fourth-order valence-electron chi connectivity index (χ4n) is 2.15. The van der Waals surface area contributed by atoms with Gasteiger partial charge in [-0.05, 0) is 36.2 Å². The predicted molar refractivity (Wildman–Crippen MR) is 57.2 cm³/mol. The van der Waals surface area contributed by atoms with E-state index in [1.807, 2.05) is 0 Å². The first-order valence-corrected chi connectivity index (χ1v) is 5.56. The Balaban J connectivity index is 1.97. The quantitative estimate of drug-likeness (QED) is 0.758. The molecule has 2 aliphatic rings. The van der Waals surface area contributed by atoms with Gasteiger partial charge < -0.3 is 14.8 Å². The minimum atomic E-state index is -0.0863. The zero-order valence-corrected chi connectivity index (χ0v) is 8.88. The number of rotatable bonds is 1. The molecule has 0 amide bonds. The van der Waals surface area contributed by atoms with Crippen molar-refractivity contribution in [1.82, 2.24) is 5.32 Å². The van der Waals surface area contributed by atoms with Crippen LogP contribution in [0.4, 0.5) is 0 Å². The van der Waals surface area contributed by atoms with Crippen molar-refractivity contribution in [1.29, 1.82) is 0 Å². The molecule has 3 nitrogen and oxygen atoms in total. The van der Waals surface area contributed by atoms with E-state index in [2.05, 4.69) is 24.4 Å². The Labute approximate surface area is 89.4 Å². The number of hydrogen-bond donors (Lipinski definition) is 1. The Bertz CT molecular complexity index is 354. The molecule has 0 aromatic heterocycles. The van der Waals surface area contributed by atoms with E-state index in [9.17, 15) is 0 Å². The zero-order valence-electron chi connectivity index (χ0n) is 8.88. The van der Waals surface area contributed by atoms with Crippen LogP contribution in [0.25, 0.3) is 0 Å². The normalized spacial score (nSPS) is 22.6. The minimum absolute atomic E-state index is 0.0863. The zero-order chi connectivity index (χ0) is 10.3. The third kappa shape index (κ3) is 1.47. The van der Waals surface area contributed by atoms with Gasteiger partial charge in [-0.15, -0.1) is 0 Å². The van der Waals surface area contributed by atoms with Gasteiger partial charge in [0.05, 0.1) is 0 Å². The molecule has 0 radical (unpaired) electrons. The summed E-state index contributed by atoms with van der Waals surface area (Å²) in [5.74, 6) is 1.83. The molecule has 0 spiro atoms. The average molecular weight is 205 g/mol. The summed E-state index contributed by atoms with van der Waals surface area (Å²) in [6, 6.07) is 4.26. The molecular weight excluding hydrogens is 190 g/mol. The number of benzene rings is 1. The van der Waals surface area contributed by atoms with E-state index in [1.54, 1.807) is 0 Å². The van der Waals surface area contributed by atoms with Gasteiger partial charge in [0.15, 0.2) is 11.5 Å². The summed E-state index contributed by atoms with van der Waals surface area (Å²) in [4.78, 5) is 0. The van der Waals surface area contributed by atoms with Crippen LogP contribution in [0.3, 0.4) is 0 Å². The maximum Gasteiger partial charge on any atom is 0.241 e. The van der Waals surface area contributed by atoms with Crippen LogP contribution in [-0.2, 0) is 13.0 Å². The van der Waals surface area contributed by atoms with E-state index in [0.717, 1.165) is 37.4 Å². The van der Waals surface area contributed by atoms with Crippen molar-refractivity contribution in [2.45, 2.75) is 32.6 Å². The van der Waals surface area contributed by atoms with Crippen molar-refractivity contribution in [2.24, 2.45) is 0 Å². The van der Waals surface area contributed by atoms with Gasteiger partial charge in [0, 0.05) is 13.0 Å². The van der Waals surface area contributed by atoms with Crippen LogP contribution in [0.1, 0.15) is 24.5 Å².